The van der Waals surface area contributed by atoms with Crippen LogP contribution in [-0.4, -0.2) is 9.97 Å². The molecule has 0 aliphatic heterocycles. The van der Waals surface area contributed by atoms with Crippen molar-refractivity contribution >= 4 is 55.7 Å². The number of aromatic nitrogens is 2. The Bertz CT molecular complexity index is 2330. The summed E-state index contributed by atoms with van der Waals surface area (Å²) in [5.41, 5.74) is 11.1. The van der Waals surface area contributed by atoms with Crippen LogP contribution in [0.1, 0.15) is 0 Å². The van der Waals surface area contributed by atoms with Crippen LogP contribution in [-0.2, 0) is 0 Å². The molecule has 0 unspecified atom stereocenters. The van der Waals surface area contributed by atoms with E-state index < -0.39 is 0 Å². The summed E-state index contributed by atoms with van der Waals surface area (Å²) in [4.78, 5) is 13.2. The topological polar surface area (TPSA) is 32.3 Å². The monoisotopic (exact) mass is 666 g/mol. The summed E-state index contributed by atoms with van der Waals surface area (Å²) in [5, 5.41) is 4.90. The Labute approximate surface area is 303 Å². The predicted octanol–water partition coefficient (Wildman–Crippen LogP) is 13.1. The van der Waals surface area contributed by atoms with Crippen LogP contribution in [0.4, 0.5) is 34.1 Å². The summed E-state index contributed by atoms with van der Waals surface area (Å²) in [7, 11) is 0. The molecule has 9 aromatic rings. The van der Waals surface area contributed by atoms with Crippen LogP contribution in [0.25, 0.3) is 43.8 Å². The lowest BCUT2D eigenvalue weighted by atomic mass is 9.96. The maximum Gasteiger partial charge on any atom is 0.0644 e. The van der Waals surface area contributed by atoms with Crippen LogP contribution in [0.5, 0.6) is 0 Å². The number of pyridine rings is 2. The van der Waals surface area contributed by atoms with Gasteiger partial charge < -0.3 is 9.80 Å². The molecule has 4 heteroatoms. The van der Waals surface area contributed by atoms with E-state index >= 15 is 0 Å². The average Bonchev–Trinajstić information content (AvgIpc) is 3.22. The zero-order chi connectivity index (χ0) is 34.7. The van der Waals surface area contributed by atoms with Crippen LogP contribution in [0.15, 0.2) is 207 Å². The molecular formula is C48H34N4. The zero-order valence-electron chi connectivity index (χ0n) is 28.4. The fourth-order valence-electron chi connectivity index (χ4n) is 6.98. The number of nitrogens with zero attached hydrogens (tertiary/aromatic N) is 4. The summed E-state index contributed by atoms with van der Waals surface area (Å²) in [6, 6.07) is 64.7. The van der Waals surface area contributed by atoms with Gasteiger partial charge in [-0.05, 0) is 141 Å². The third kappa shape index (κ3) is 6.14. The third-order valence-corrected chi connectivity index (χ3v) is 9.55. The second kappa shape index (κ2) is 13.7. The summed E-state index contributed by atoms with van der Waals surface area (Å²) in [6.45, 7) is 0. The largest absolute Gasteiger partial charge is 0.309 e. The molecule has 9 rings (SSSR count). The van der Waals surface area contributed by atoms with Gasteiger partial charge in [-0.15, -0.1) is 0 Å². The van der Waals surface area contributed by atoms with Crippen molar-refractivity contribution in [3.63, 3.8) is 0 Å². The van der Waals surface area contributed by atoms with Crippen molar-refractivity contribution in [2.45, 2.75) is 0 Å². The van der Waals surface area contributed by atoms with E-state index in [-0.39, 0.29) is 0 Å². The zero-order valence-corrected chi connectivity index (χ0v) is 28.4. The molecule has 0 radical (unpaired) electrons. The van der Waals surface area contributed by atoms with Crippen LogP contribution in [0.2, 0.25) is 0 Å². The Morgan fingerprint density at radius 1 is 0.269 bits per heavy atom. The lowest BCUT2D eigenvalue weighted by molar-refractivity contribution is 1.23. The summed E-state index contributed by atoms with van der Waals surface area (Å²) in [5.74, 6) is 0. The van der Waals surface area contributed by atoms with Gasteiger partial charge in [0.2, 0.25) is 0 Å². The first kappa shape index (κ1) is 31.0. The Morgan fingerprint density at radius 3 is 1.02 bits per heavy atom. The fourth-order valence-corrected chi connectivity index (χ4v) is 6.98. The van der Waals surface area contributed by atoms with Gasteiger partial charge in [0.1, 0.15) is 0 Å². The molecule has 0 amide bonds. The number of fused-ring (bicyclic) bond motifs is 2. The van der Waals surface area contributed by atoms with Crippen LogP contribution in [0.3, 0.4) is 0 Å². The first-order valence-electron chi connectivity index (χ1n) is 17.5. The van der Waals surface area contributed by atoms with Crippen molar-refractivity contribution in [1.29, 1.82) is 0 Å². The van der Waals surface area contributed by atoms with Gasteiger partial charge in [0.15, 0.2) is 0 Å². The van der Waals surface area contributed by atoms with Crippen molar-refractivity contribution in [2.24, 2.45) is 0 Å². The smallest absolute Gasteiger partial charge is 0.0644 e. The quantitative estimate of drug-likeness (QED) is 0.151. The molecule has 0 saturated heterocycles. The molecule has 0 fully saturated rings. The Kier molecular flexibility index (Phi) is 8.16. The highest BCUT2D eigenvalue weighted by molar-refractivity contribution is 6.01. The second-order valence-electron chi connectivity index (χ2n) is 12.8. The number of hydrogen-bond acceptors (Lipinski definition) is 4. The molecule has 0 spiro atoms. The van der Waals surface area contributed by atoms with Crippen molar-refractivity contribution in [1.82, 2.24) is 9.97 Å². The molecule has 52 heavy (non-hydrogen) atoms. The van der Waals surface area contributed by atoms with E-state index in [9.17, 15) is 0 Å². The molecule has 4 nitrogen and oxygen atoms in total. The summed E-state index contributed by atoms with van der Waals surface area (Å²) < 4.78 is 0. The molecule has 0 aliphatic carbocycles. The highest BCUT2D eigenvalue weighted by Crippen LogP contribution is 2.38. The molecule has 0 atom stereocenters. The Hall–Kier alpha value is -7.04. The molecule has 246 valence electrons. The molecule has 2 aromatic heterocycles. The van der Waals surface area contributed by atoms with Crippen molar-refractivity contribution in [3.8, 4) is 22.3 Å². The summed E-state index contributed by atoms with van der Waals surface area (Å²) in [6.07, 6.45) is 7.42. The number of benzene rings is 7. The van der Waals surface area contributed by atoms with Gasteiger partial charge in [0.05, 0.1) is 23.8 Å². The average molecular weight is 667 g/mol. The molecule has 0 saturated carbocycles. The lowest BCUT2D eigenvalue weighted by Gasteiger charge is -2.25. The summed E-state index contributed by atoms with van der Waals surface area (Å²) >= 11 is 0. The number of anilines is 6. The molecule has 0 bridgehead atoms. The lowest BCUT2D eigenvalue weighted by Crippen LogP contribution is -2.09. The Morgan fingerprint density at radius 2 is 0.635 bits per heavy atom. The normalized spacial score (nSPS) is 11.1. The maximum absolute atomic E-state index is 4.38. The van der Waals surface area contributed by atoms with Gasteiger partial charge in [0, 0.05) is 35.1 Å². The van der Waals surface area contributed by atoms with Gasteiger partial charge in [0.25, 0.3) is 0 Å². The molecule has 0 aliphatic rings. The standard InChI is InChI=1S/C48H34N4/c1-3-9-43(10-4-1)51(47-13-7-27-49-33-47)45-23-19-35(20-24-45)37-15-17-39-32-42-30-38(16-18-40(42)31-41(39)29-37)36-21-25-46(26-22-36)52(44-11-5-2-6-12-44)48-14-8-28-50-34-48/h1-34H. The van der Waals surface area contributed by atoms with E-state index in [1.165, 1.54) is 43.8 Å². The predicted molar refractivity (Wildman–Crippen MR) is 217 cm³/mol. The molecular weight excluding hydrogens is 633 g/mol. The van der Waals surface area contributed by atoms with Gasteiger partial charge in [-0.3, -0.25) is 9.97 Å². The number of para-hydroxylation sites is 2. The van der Waals surface area contributed by atoms with Gasteiger partial charge in [-0.1, -0.05) is 84.9 Å². The van der Waals surface area contributed by atoms with Crippen LogP contribution < -0.4 is 9.80 Å². The minimum absolute atomic E-state index is 1.02. The van der Waals surface area contributed by atoms with E-state index in [1.54, 1.807) is 12.4 Å². The fraction of sp³-hybridized carbons (Fsp3) is 0. The third-order valence-electron chi connectivity index (χ3n) is 9.55. The first-order valence-corrected chi connectivity index (χ1v) is 17.5. The number of rotatable bonds is 8. The van der Waals surface area contributed by atoms with Crippen LogP contribution in [0, 0.1) is 0 Å². The van der Waals surface area contributed by atoms with Crippen molar-refractivity contribution < 1.29 is 0 Å². The van der Waals surface area contributed by atoms with E-state index in [2.05, 4.69) is 177 Å². The number of hydrogen-bond donors (Lipinski definition) is 0. The van der Waals surface area contributed by atoms with Crippen molar-refractivity contribution in [3.05, 3.63) is 207 Å². The van der Waals surface area contributed by atoms with Gasteiger partial charge in [-0.2, -0.15) is 0 Å². The highest BCUT2D eigenvalue weighted by Gasteiger charge is 2.14. The SMILES string of the molecule is c1ccc(N(c2ccc(-c3ccc4cc5cc(-c6ccc(N(c7ccccc7)c7cccnc7)cc6)ccc5cc4c3)cc2)c2cccnc2)cc1. The van der Waals surface area contributed by atoms with Gasteiger partial charge in [-0.25, -0.2) is 0 Å². The molecule has 2 heterocycles. The van der Waals surface area contributed by atoms with E-state index in [0.29, 0.717) is 0 Å². The Balaban J connectivity index is 0.993. The molecule has 0 N–H and O–H groups in total. The van der Waals surface area contributed by atoms with E-state index in [1.807, 2.05) is 36.7 Å². The van der Waals surface area contributed by atoms with Crippen molar-refractivity contribution in [2.75, 3.05) is 9.80 Å². The second-order valence-corrected chi connectivity index (χ2v) is 12.8. The van der Waals surface area contributed by atoms with Gasteiger partial charge >= 0.3 is 0 Å². The molecule has 7 aromatic carbocycles. The van der Waals surface area contributed by atoms with E-state index in [4.69, 9.17) is 0 Å². The maximum atomic E-state index is 4.38. The minimum atomic E-state index is 1.02. The van der Waals surface area contributed by atoms with E-state index in [0.717, 1.165) is 34.1 Å². The highest BCUT2D eigenvalue weighted by atomic mass is 15.2. The first-order chi connectivity index (χ1) is 25.8. The van der Waals surface area contributed by atoms with Crippen LogP contribution >= 0.6 is 0 Å². The minimum Gasteiger partial charge on any atom is -0.309 e.